The summed E-state index contributed by atoms with van der Waals surface area (Å²) in [5.41, 5.74) is 3.75. The lowest BCUT2D eigenvalue weighted by atomic mass is 9.98. The summed E-state index contributed by atoms with van der Waals surface area (Å²) in [7, 11) is 0. The molecule has 55 heavy (non-hydrogen) atoms. The standard InChI is InChI=1S/C36H44ClN7O11/c1-4-5-13-30-38-33(37)35(43(30)19-24-14-16-25(17-15-24)26-11-6-7-12-27(26)34-39-41-42-40-34)55-54-23(3)51-36(45)52-29-21-50-31-28(20-49-32(29)31)48-18-9-8-10-22(2)53-44(46)47/h6-7,11-12,14-17,22-23,28-29,31-32H,4-5,8-10,13,18-21H2,1-3H3,(H,39,40,41,42)/t22?,23?,28-,29-,31?,32?/m1/s1. The van der Waals surface area contributed by atoms with Gasteiger partial charge >= 0.3 is 6.16 Å². The topological polar surface area (TPSA) is 206 Å². The molecular formula is C36H44ClN7O11. The van der Waals surface area contributed by atoms with E-state index in [1.165, 1.54) is 6.92 Å². The van der Waals surface area contributed by atoms with Crippen LogP contribution in [0, 0.1) is 10.1 Å². The molecule has 2 aliphatic rings. The van der Waals surface area contributed by atoms with Crippen molar-refractivity contribution in [1.29, 1.82) is 0 Å². The highest BCUT2D eigenvalue weighted by atomic mass is 35.5. The summed E-state index contributed by atoms with van der Waals surface area (Å²) in [4.78, 5) is 43.4. The third-order valence-corrected chi connectivity index (χ3v) is 9.42. The predicted molar refractivity (Wildman–Crippen MR) is 193 cm³/mol. The van der Waals surface area contributed by atoms with Crippen molar-refractivity contribution in [2.45, 2.75) is 103 Å². The van der Waals surface area contributed by atoms with Crippen LogP contribution in [0.5, 0.6) is 5.88 Å². The Hall–Kier alpha value is -4.88. The Balaban J connectivity index is 0.998. The zero-order chi connectivity index (χ0) is 38.7. The quantitative estimate of drug-likeness (QED) is 0.0276. The van der Waals surface area contributed by atoms with E-state index in [2.05, 4.69) is 37.4 Å². The maximum atomic E-state index is 12.7. The summed E-state index contributed by atoms with van der Waals surface area (Å²) in [5.74, 6) is 1.39. The lowest BCUT2D eigenvalue weighted by Gasteiger charge is -2.19. The number of H-pyrrole nitrogens is 1. The van der Waals surface area contributed by atoms with Crippen LogP contribution in [0.4, 0.5) is 4.79 Å². The normalized spacial score (nSPS) is 20.1. The first-order chi connectivity index (χ1) is 26.7. The molecule has 6 atom stereocenters. The van der Waals surface area contributed by atoms with Crippen molar-refractivity contribution in [2.24, 2.45) is 0 Å². The van der Waals surface area contributed by atoms with Gasteiger partial charge in [0.15, 0.2) is 11.3 Å². The molecule has 1 N–H and O–H groups in total. The molecule has 0 bridgehead atoms. The van der Waals surface area contributed by atoms with E-state index in [1.807, 2.05) is 53.1 Å². The maximum absolute atomic E-state index is 12.7. The van der Waals surface area contributed by atoms with Gasteiger partial charge in [-0.05, 0) is 54.5 Å². The SMILES string of the molecule is CCCCc1nc(Cl)c(OOC(C)OC(=O)O[C@@H]2COC3C2OC[C@H]3OCCCCC(C)O[N+](=O)[O-])n1Cc1ccc(-c2ccccc2-c2nn[nH]n2)cc1. The largest absolute Gasteiger partial charge is 0.511 e. The molecule has 4 aromatic rings. The van der Waals surface area contributed by atoms with Gasteiger partial charge in [0.2, 0.25) is 12.1 Å². The van der Waals surface area contributed by atoms with Crippen LogP contribution >= 0.6 is 11.6 Å². The van der Waals surface area contributed by atoms with Crippen molar-refractivity contribution in [1.82, 2.24) is 30.2 Å². The van der Waals surface area contributed by atoms with E-state index in [4.69, 9.17) is 45.1 Å². The number of aromatic amines is 1. The van der Waals surface area contributed by atoms with Crippen LogP contribution in [0.1, 0.15) is 64.3 Å². The van der Waals surface area contributed by atoms with E-state index in [1.54, 1.807) is 6.92 Å². The molecule has 19 heteroatoms. The smallest absolute Gasteiger partial charge is 0.426 e. The summed E-state index contributed by atoms with van der Waals surface area (Å²) in [6.07, 6.45) is -0.231. The van der Waals surface area contributed by atoms with Crippen LogP contribution in [0.15, 0.2) is 48.5 Å². The Morgan fingerprint density at radius 3 is 2.53 bits per heavy atom. The molecule has 0 radical (unpaired) electrons. The Kier molecular flexibility index (Phi) is 13.8. The molecular weight excluding hydrogens is 742 g/mol. The molecule has 4 heterocycles. The Bertz CT molecular complexity index is 1850. The fourth-order valence-electron chi connectivity index (χ4n) is 6.46. The lowest BCUT2D eigenvalue weighted by molar-refractivity contribution is -0.767. The number of carbonyl (C=O) groups is 1. The van der Waals surface area contributed by atoms with Gasteiger partial charge in [-0.3, -0.25) is 4.57 Å². The average Bonchev–Trinajstić information content (AvgIpc) is 3.97. The van der Waals surface area contributed by atoms with E-state index in [0.717, 1.165) is 40.9 Å². The van der Waals surface area contributed by atoms with Crippen molar-refractivity contribution in [3.63, 3.8) is 0 Å². The molecule has 0 aliphatic carbocycles. The van der Waals surface area contributed by atoms with Gasteiger partial charge in [-0.1, -0.05) is 73.5 Å². The number of nitrogens with one attached hydrogen (secondary N) is 1. The van der Waals surface area contributed by atoms with E-state index in [9.17, 15) is 14.9 Å². The second kappa shape index (κ2) is 19.1. The van der Waals surface area contributed by atoms with Gasteiger partial charge in [0.25, 0.3) is 11.0 Å². The molecule has 2 aromatic carbocycles. The molecule has 18 nitrogen and oxygen atoms in total. The highest BCUT2D eigenvalue weighted by Gasteiger charge is 2.50. The Morgan fingerprint density at radius 2 is 1.80 bits per heavy atom. The second-order valence-corrected chi connectivity index (χ2v) is 13.6. The van der Waals surface area contributed by atoms with Crippen LogP contribution in [0.2, 0.25) is 5.15 Å². The molecule has 2 aromatic heterocycles. The van der Waals surface area contributed by atoms with Crippen molar-refractivity contribution in [2.75, 3.05) is 19.8 Å². The second-order valence-electron chi connectivity index (χ2n) is 13.2. The van der Waals surface area contributed by atoms with E-state index >= 15 is 0 Å². The number of tetrazole rings is 1. The molecule has 296 valence electrons. The molecule has 6 rings (SSSR count). The van der Waals surface area contributed by atoms with Crippen LogP contribution < -0.4 is 4.89 Å². The number of hydrogen-bond donors (Lipinski definition) is 1. The van der Waals surface area contributed by atoms with Crippen LogP contribution in [-0.4, -0.2) is 98.0 Å². The minimum atomic E-state index is -1.18. The summed E-state index contributed by atoms with van der Waals surface area (Å²) >= 11 is 6.55. The number of ether oxygens (including phenoxy) is 5. The third-order valence-electron chi connectivity index (χ3n) is 9.17. The summed E-state index contributed by atoms with van der Waals surface area (Å²) in [6.45, 7) is 6.40. The molecule has 2 fully saturated rings. The third kappa shape index (κ3) is 10.5. The number of halogens is 1. The number of rotatable bonds is 20. The van der Waals surface area contributed by atoms with E-state index in [0.29, 0.717) is 44.7 Å². The van der Waals surface area contributed by atoms with Crippen molar-refractivity contribution in [3.8, 4) is 28.4 Å². The number of fused-ring (bicyclic) bond motifs is 1. The number of unbranched alkanes of at least 4 members (excludes halogenated alkanes) is 2. The first-order valence-electron chi connectivity index (χ1n) is 18.2. The minimum Gasteiger partial charge on any atom is -0.426 e. The van der Waals surface area contributed by atoms with Crippen molar-refractivity contribution >= 4 is 17.8 Å². The monoisotopic (exact) mass is 785 g/mol. The van der Waals surface area contributed by atoms with E-state index in [-0.39, 0.29) is 30.4 Å². The van der Waals surface area contributed by atoms with Crippen molar-refractivity contribution < 1.29 is 48.2 Å². The molecule has 2 aliphatic heterocycles. The number of hydrogen-bond acceptors (Lipinski definition) is 15. The number of aromatic nitrogens is 6. The Labute approximate surface area is 321 Å². The fraction of sp³-hybridized carbons (Fsp3) is 0.528. The maximum Gasteiger partial charge on any atom is 0.511 e. The molecule has 0 saturated carbocycles. The van der Waals surface area contributed by atoms with Gasteiger partial charge in [0.05, 0.1) is 19.8 Å². The van der Waals surface area contributed by atoms with Gasteiger partial charge in [-0.25, -0.2) is 9.78 Å². The Morgan fingerprint density at radius 1 is 1.05 bits per heavy atom. The zero-order valence-corrected chi connectivity index (χ0v) is 31.5. The van der Waals surface area contributed by atoms with Crippen LogP contribution in [-0.2, 0) is 46.4 Å². The molecule has 0 amide bonds. The van der Waals surface area contributed by atoms with Crippen LogP contribution in [0.25, 0.3) is 22.5 Å². The highest BCUT2D eigenvalue weighted by Crippen LogP contribution is 2.33. The van der Waals surface area contributed by atoms with Gasteiger partial charge in [0.1, 0.15) is 30.2 Å². The first-order valence-corrected chi connectivity index (χ1v) is 18.6. The summed E-state index contributed by atoms with van der Waals surface area (Å²) < 4.78 is 30.3. The van der Waals surface area contributed by atoms with E-state index < -0.39 is 41.9 Å². The number of imidazole rings is 1. The minimum absolute atomic E-state index is 0.105. The molecule has 4 unspecified atom stereocenters. The summed E-state index contributed by atoms with van der Waals surface area (Å²) in [5, 5.41) is 24.2. The zero-order valence-electron chi connectivity index (χ0n) is 30.7. The predicted octanol–water partition coefficient (Wildman–Crippen LogP) is 5.90. The van der Waals surface area contributed by atoms with Crippen LogP contribution in [0.3, 0.4) is 0 Å². The number of aryl methyl sites for hydroxylation is 1. The number of carbonyl (C=O) groups excluding carboxylic acids is 1. The number of benzene rings is 2. The van der Waals surface area contributed by atoms with Crippen molar-refractivity contribution in [3.05, 3.63) is 75.2 Å². The van der Waals surface area contributed by atoms with Gasteiger partial charge in [-0.15, -0.1) is 25.2 Å². The highest BCUT2D eigenvalue weighted by molar-refractivity contribution is 6.30. The fourth-order valence-corrected chi connectivity index (χ4v) is 6.69. The van der Waals surface area contributed by atoms with Gasteiger partial charge in [-0.2, -0.15) is 5.21 Å². The first kappa shape index (κ1) is 39.8. The van der Waals surface area contributed by atoms with Gasteiger partial charge in [0, 0.05) is 25.5 Å². The average molecular weight is 786 g/mol. The molecule has 0 spiro atoms. The lowest BCUT2D eigenvalue weighted by Crippen LogP contribution is -2.36. The number of nitrogens with zero attached hydrogens (tertiary/aromatic N) is 6. The summed E-state index contributed by atoms with van der Waals surface area (Å²) in [6, 6.07) is 15.9. The van der Waals surface area contributed by atoms with Gasteiger partial charge < -0.3 is 33.4 Å². The molecule has 2 saturated heterocycles.